The van der Waals surface area contributed by atoms with E-state index in [9.17, 15) is 0 Å². The fourth-order valence-electron chi connectivity index (χ4n) is 1.73. The highest BCUT2D eigenvalue weighted by Crippen LogP contribution is 2.28. The molecule has 3 aromatic heterocycles. The van der Waals surface area contributed by atoms with Gasteiger partial charge in [-0.15, -0.1) is 10.2 Å². The first kappa shape index (κ1) is 11.6. The van der Waals surface area contributed by atoms with Gasteiger partial charge in [-0.2, -0.15) is 5.26 Å². The third-order valence-corrected chi connectivity index (χ3v) is 3.96. The van der Waals surface area contributed by atoms with Gasteiger partial charge < -0.3 is 9.55 Å². The summed E-state index contributed by atoms with van der Waals surface area (Å²) < 4.78 is 1.97. The Morgan fingerprint density at radius 3 is 3.05 bits per heavy atom. The topological polar surface area (TPSA) is 83.2 Å². The Morgan fingerprint density at radius 2 is 2.37 bits per heavy atom. The molecular formula is C12H10N6S. The van der Waals surface area contributed by atoms with Crippen LogP contribution in [0.25, 0.3) is 10.6 Å². The van der Waals surface area contributed by atoms with E-state index in [1.165, 1.54) is 11.3 Å². The summed E-state index contributed by atoms with van der Waals surface area (Å²) in [4.78, 5) is 6.91. The lowest BCUT2D eigenvalue weighted by molar-refractivity contribution is 0.627. The molecule has 0 radical (unpaired) electrons. The third-order valence-electron chi connectivity index (χ3n) is 2.82. The number of aromatic nitrogens is 5. The Bertz CT molecular complexity index is 718. The van der Waals surface area contributed by atoms with E-state index in [0.717, 1.165) is 15.6 Å². The lowest BCUT2D eigenvalue weighted by Gasteiger charge is -2.07. The van der Waals surface area contributed by atoms with Crippen LogP contribution in [0, 0.1) is 11.3 Å². The normalized spacial score (nSPS) is 12.2. The van der Waals surface area contributed by atoms with Gasteiger partial charge in [-0.05, 0) is 13.0 Å². The van der Waals surface area contributed by atoms with E-state index in [-0.39, 0.29) is 6.04 Å². The molecule has 0 fully saturated rings. The van der Waals surface area contributed by atoms with E-state index in [2.05, 4.69) is 26.2 Å². The Kier molecular flexibility index (Phi) is 2.85. The summed E-state index contributed by atoms with van der Waals surface area (Å²) in [5.41, 5.74) is 1.41. The Morgan fingerprint density at radius 1 is 1.47 bits per heavy atom. The minimum absolute atomic E-state index is 0.100. The molecule has 3 rings (SSSR count). The van der Waals surface area contributed by atoms with Gasteiger partial charge in [-0.1, -0.05) is 11.3 Å². The number of rotatable bonds is 3. The summed E-state index contributed by atoms with van der Waals surface area (Å²) in [5.74, 6) is 0. The van der Waals surface area contributed by atoms with Gasteiger partial charge >= 0.3 is 0 Å². The van der Waals surface area contributed by atoms with Crippen molar-refractivity contribution in [1.29, 1.82) is 5.26 Å². The van der Waals surface area contributed by atoms with Crippen LogP contribution in [-0.4, -0.2) is 24.7 Å². The average Bonchev–Trinajstić information content (AvgIpc) is 3.17. The number of imidazole rings is 1. The largest absolute Gasteiger partial charge is 0.352 e. The zero-order valence-corrected chi connectivity index (χ0v) is 10.9. The molecule has 6 nitrogen and oxygen atoms in total. The van der Waals surface area contributed by atoms with E-state index in [1.807, 2.05) is 17.7 Å². The fourth-order valence-corrected chi connectivity index (χ4v) is 2.62. The maximum absolute atomic E-state index is 8.79. The number of aromatic amines is 1. The SMILES string of the molecule is CC(c1nnc(-c2c[nH]c(C#N)c2)s1)n1ccnc1. The van der Waals surface area contributed by atoms with Crippen molar-refractivity contribution in [2.45, 2.75) is 13.0 Å². The van der Waals surface area contributed by atoms with Crippen LogP contribution in [0.15, 0.2) is 31.0 Å². The van der Waals surface area contributed by atoms with Gasteiger partial charge in [-0.25, -0.2) is 4.98 Å². The Balaban J connectivity index is 1.89. The van der Waals surface area contributed by atoms with E-state index < -0.39 is 0 Å². The molecule has 7 heteroatoms. The second-order valence-electron chi connectivity index (χ2n) is 4.05. The van der Waals surface area contributed by atoms with E-state index in [4.69, 9.17) is 5.26 Å². The summed E-state index contributed by atoms with van der Waals surface area (Å²) in [5, 5.41) is 18.9. The van der Waals surface area contributed by atoms with Crippen molar-refractivity contribution in [1.82, 2.24) is 24.7 Å². The van der Waals surface area contributed by atoms with Gasteiger partial charge in [0.1, 0.15) is 21.8 Å². The van der Waals surface area contributed by atoms with Crippen LogP contribution in [0.1, 0.15) is 23.7 Å². The molecule has 0 saturated heterocycles. The molecule has 19 heavy (non-hydrogen) atoms. The highest BCUT2D eigenvalue weighted by Gasteiger charge is 2.14. The molecule has 3 heterocycles. The van der Waals surface area contributed by atoms with Gasteiger partial charge in [0.2, 0.25) is 0 Å². The number of H-pyrrole nitrogens is 1. The van der Waals surface area contributed by atoms with Crippen LogP contribution in [-0.2, 0) is 0 Å². The molecule has 1 unspecified atom stereocenters. The summed E-state index contributed by atoms with van der Waals surface area (Å²) in [6, 6.07) is 3.93. The maximum atomic E-state index is 8.79. The van der Waals surface area contributed by atoms with Crippen LogP contribution < -0.4 is 0 Å². The van der Waals surface area contributed by atoms with Crippen molar-refractivity contribution < 1.29 is 0 Å². The van der Waals surface area contributed by atoms with Gasteiger partial charge in [0.05, 0.1) is 12.4 Å². The van der Waals surface area contributed by atoms with Crippen LogP contribution in [0.4, 0.5) is 0 Å². The first-order valence-electron chi connectivity index (χ1n) is 5.67. The molecule has 0 aliphatic carbocycles. The van der Waals surface area contributed by atoms with Crippen LogP contribution in [0.3, 0.4) is 0 Å². The van der Waals surface area contributed by atoms with Crippen molar-refractivity contribution in [2.24, 2.45) is 0 Å². The predicted molar refractivity (Wildman–Crippen MR) is 70.5 cm³/mol. The van der Waals surface area contributed by atoms with E-state index in [0.29, 0.717) is 5.69 Å². The van der Waals surface area contributed by atoms with Gasteiger partial charge in [0.15, 0.2) is 0 Å². The van der Waals surface area contributed by atoms with E-state index >= 15 is 0 Å². The first-order chi connectivity index (χ1) is 9.28. The Hall–Kier alpha value is -2.46. The monoisotopic (exact) mass is 270 g/mol. The van der Waals surface area contributed by atoms with Crippen molar-refractivity contribution >= 4 is 11.3 Å². The van der Waals surface area contributed by atoms with Crippen LogP contribution in [0.5, 0.6) is 0 Å². The summed E-state index contributed by atoms with van der Waals surface area (Å²) in [6.45, 7) is 2.05. The molecule has 94 valence electrons. The molecule has 3 aromatic rings. The summed E-state index contributed by atoms with van der Waals surface area (Å²) >= 11 is 1.52. The molecular weight excluding hydrogens is 260 g/mol. The zero-order chi connectivity index (χ0) is 13.2. The average molecular weight is 270 g/mol. The predicted octanol–water partition coefficient (Wildman–Crippen LogP) is 2.21. The quantitative estimate of drug-likeness (QED) is 0.791. The molecule has 1 N–H and O–H groups in total. The number of nitriles is 1. The van der Waals surface area contributed by atoms with Crippen LogP contribution in [0.2, 0.25) is 0 Å². The molecule has 0 aliphatic rings. The highest BCUT2D eigenvalue weighted by atomic mass is 32.1. The molecule has 0 aromatic carbocycles. The second kappa shape index (κ2) is 4.66. The molecule has 1 atom stereocenters. The lowest BCUT2D eigenvalue weighted by Crippen LogP contribution is -2.03. The lowest BCUT2D eigenvalue weighted by atomic mass is 10.3. The first-order valence-corrected chi connectivity index (χ1v) is 6.49. The molecule has 0 bridgehead atoms. The Labute approximate surface area is 113 Å². The minimum atomic E-state index is 0.100. The number of nitrogens with one attached hydrogen (secondary N) is 1. The maximum Gasteiger partial charge on any atom is 0.149 e. The summed E-state index contributed by atoms with van der Waals surface area (Å²) in [7, 11) is 0. The van der Waals surface area contributed by atoms with E-state index in [1.54, 1.807) is 24.8 Å². The van der Waals surface area contributed by atoms with Crippen molar-refractivity contribution in [2.75, 3.05) is 0 Å². The van der Waals surface area contributed by atoms with Crippen molar-refractivity contribution in [3.05, 3.63) is 41.7 Å². The fraction of sp³-hybridized carbons (Fsp3) is 0.167. The smallest absolute Gasteiger partial charge is 0.149 e. The number of hydrogen-bond acceptors (Lipinski definition) is 5. The van der Waals surface area contributed by atoms with Gasteiger partial charge in [0, 0.05) is 24.2 Å². The standard InChI is InChI=1S/C12H10N6S/c1-8(18-3-2-14-7-18)11-16-17-12(19-11)9-4-10(5-13)15-6-9/h2-4,6-8,15H,1H3. The third kappa shape index (κ3) is 2.13. The molecule has 0 saturated carbocycles. The molecule has 0 amide bonds. The van der Waals surface area contributed by atoms with Gasteiger partial charge in [0.25, 0.3) is 0 Å². The number of nitrogens with zero attached hydrogens (tertiary/aromatic N) is 5. The van der Waals surface area contributed by atoms with Gasteiger partial charge in [-0.3, -0.25) is 0 Å². The highest BCUT2D eigenvalue weighted by molar-refractivity contribution is 7.14. The molecule has 0 aliphatic heterocycles. The van der Waals surface area contributed by atoms with Crippen molar-refractivity contribution in [3.8, 4) is 16.6 Å². The second-order valence-corrected chi connectivity index (χ2v) is 5.05. The van der Waals surface area contributed by atoms with Crippen molar-refractivity contribution in [3.63, 3.8) is 0 Å². The number of hydrogen-bond donors (Lipinski definition) is 1. The zero-order valence-electron chi connectivity index (χ0n) is 10.1. The summed E-state index contributed by atoms with van der Waals surface area (Å²) in [6.07, 6.45) is 7.17. The van der Waals surface area contributed by atoms with Crippen LogP contribution >= 0.6 is 11.3 Å². The molecule has 0 spiro atoms. The minimum Gasteiger partial charge on any atom is -0.352 e.